The summed E-state index contributed by atoms with van der Waals surface area (Å²) in [6, 6.07) is 62.8. The first-order valence-electron chi connectivity index (χ1n) is 15.7. The minimum Gasteiger partial charge on any atom is -0.456 e. The highest BCUT2D eigenvalue weighted by Crippen LogP contribution is 2.42. The summed E-state index contributed by atoms with van der Waals surface area (Å²) in [6.07, 6.45) is 0. The lowest BCUT2D eigenvalue weighted by Crippen LogP contribution is -2.10. The van der Waals surface area contributed by atoms with Gasteiger partial charge in [0.25, 0.3) is 0 Å². The average molecular weight is 588 g/mol. The van der Waals surface area contributed by atoms with Crippen molar-refractivity contribution in [2.24, 2.45) is 0 Å². The van der Waals surface area contributed by atoms with Gasteiger partial charge in [-0.15, -0.1) is 0 Å². The van der Waals surface area contributed by atoms with E-state index < -0.39 is 0 Å². The number of anilines is 3. The van der Waals surface area contributed by atoms with Crippen molar-refractivity contribution in [2.75, 3.05) is 4.90 Å². The molecule has 9 aromatic rings. The van der Waals surface area contributed by atoms with Crippen molar-refractivity contribution in [3.05, 3.63) is 176 Å². The van der Waals surface area contributed by atoms with Crippen molar-refractivity contribution in [3.8, 4) is 22.3 Å². The van der Waals surface area contributed by atoms with Gasteiger partial charge in [-0.1, -0.05) is 133 Å². The minimum atomic E-state index is 0.879. The van der Waals surface area contributed by atoms with Crippen LogP contribution in [0.5, 0.6) is 0 Å². The zero-order valence-corrected chi connectivity index (χ0v) is 25.1. The van der Waals surface area contributed by atoms with E-state index in [-0.39, 0.29) is 0 Å². The molecule has 0 atom stereocenters. The normalized spacial score (nSPS) is 11.5. The van der Waals surface area contributed by atoms with Crippen molar-refractivity contribution >= 4 is 60.5 Å². The van der Waals surface area contributed by atoms with Crippen LogP contribution in [-0.4, -0.2) is 0 Å². The summed E-state index contributed by atoms with van der Waals surface area (Å²) in [4.78, 5) is 2.35. The van der Waals surface area contributed by atoms with Gasteiger partial charge in [0.2, 0.25) is 0 Å². The summed E-state index contributed by atoms with van der Waals surface area (Å²) >= 11 is 0. The van der Waals surface area contributed by atoms with Gasteiger partial charge >= 0.3 is 0 Å². The fourth-order valence-corrected chi connectivity index (χ4v) is 6.83. The third-order valence-electron chi connectivity index (χ3n) is 9.05. The molecule has 46 heavy (non-hydrogen) atoms. The van der Waals surface area contributed by atoms with E-state index in [1.807, 2.05) is 12.1 Å². The number of furan rings is 1. The molecule has 8 aromatic carbocycles. The molecule has 0 saturated heterocycles. The number of benzene rings is 8. The van der Waals surface area contributed by atoms with E-state index in [0.29, 0.717) is 0 Å². The molecule has 0 radical (unpaired) electrons. The van der Waals surface area contributed by atoms with E-state index >= 15 is 0 Å². The van der Waals surface area contributed by atoms with Crippen molar-refractivity contribution in [2.45, 2.75) is 0 Å². The van der Waals surface area contributed by atoms with Gasteiger partial charge < -0.3 is 9.32 Å². The molecule has 0 aliphatic heterocycles. The molecular weight excluding hydrogens is 558 g/mol. The van der Waals surface area contributed by atoms with Crippen molar-refractivity contribution in [3.63, 3.8) is 0 Å². The first kappa shape index (κ1) is 26.3. The number of hydrogen-bond acceptors (Lipinski definition) is 2. The third kappa shape index (κ3) is 4.43. The lowest BCUT2D eigenvalue weighted by atomic mass is 9.96. The van der Waals surface area contributed by atoms with Crippen LogP contribution in [0, 0.1) is 0 Å². The molecule has 0 amide bonds. The lowest BCUT2D eigenvalue weighted by molar-refractivity contribution is 0.669. The van der Waals surface area contributed by atoms with Crippen LogP contribution in [0.2, 0.25) is 0 Å². The Bertz CT molecular complexity index is 2530. The van der Waals surface area contributed by atoms with Crippen LogP contribution in [-0.2, 0) is 0 Å². The molecule has 9 rings (SSSR count). The van der Waals surface area contributed by atoms with Crippen LogP contribution in [0.4, 0.5) is 17.1 Å². The fourth-order valence-electron chi connectivity index (χ4n) is 6.83. The smallest absolute Gasteiger partial charge is 0.137 e. The van der Waals surface area contributed by atoms with E-state index in [2.05, 4.69) is 169 Å². The Morgan fingerprint density at radius 3 is 1.80 bits per heavy atom. The van der Waals surface area contributed by atoms with Gasteiger partial charge in [0.1, 0.15) is 11.2 Å². The van der Waals surface area contributed by atoms with E-state index in [9.17, 15) is 0 Å². The molecule has 216 valence electrons. The van der Waals surface area contributed by atoms with Gasteiger partial charge in [0.15, 0.2) is 0 Å². The fraction of sp³-hybridized carbons (Fsp3) is 0. The molecule has 2 nitrogen and oxygen atoms in total. The van der Waals surface area contributed by atoms with Crippen LogP contribution < -0.4 is 4.90 Å². The third-order valence-corrected chi connectivity index (χ3v) is 9.05. The van der Waals surface area contributed by atoms with Crippen LogP contribution in [0.15, 0.2) is 180 Å². The molecule has 0 aliphatic rings. The van der Waals surface area contributed by atoms with E-state index in [0.717, 1.165) is 44.6 Å². The topological polar surface area (TPSA) is 16.4 Å². The molecule has 0 fully saturated rings. The molecule has 2 heteroatoms. The summed E-state index contributed by atoms with van der Waals surface area (Å²) in [5.74, 6) is 0. The number of rotatable bonds is 5. The molecule has 1 heterocycles. The molecule has 0 unspecified atom stereocenters. The Balaban J connectivity index is 1.17. The SMILES string of the molecule is c1cc(-c2ccc(-c3cccc4ccccc34)cc2)cc(N(c2ccc3c(c2)oc2ccccc23)c2cccc3ccccc23)c1. The number of nitrogens with zero attached hydrogens (tertiary/aromatic N) is 1. The predicted molar refractivity (Wildman–Crippen MR) is 194 cm³/mol. The van der Waals surface area contributed by atoms with Gasteiger partial charge in [-0.25, -0.2) is 0 Å². The predicted octanol–water partition coefficient (Wildman–Crippen LogP) is 12.7. The monoisotopic (exact) mass is 587 g/mol. The second-order valence-electron chi connectivity index (χ2n) is 11.8. The highest BCUT2D eigenvalue weighted by molar-refractivity contribution is 6.07. The molecular formula is C44H29NO. The maximum atomic E-state index is 6.34. The molecule has 0 N–H and O–H groups in total. The highest BCUT2D eigenvalue weighted by Gasteiger charge is 2.18. The molecule has 0 bridgehead atoms. The lowest BCUT2D eigenvalue weighted by Gasteiger charge is -2.27. The summed E-state index contributed by atoms with van der Waals surface area (Å²) < 4.78 is 6.34. The van der Waals surface area contributed by atoms with Crippen molar-refractivity contribution in [1.82, 2.24) is 0 Å². The summed E-state index contributed by atoms with van der Waals surface area (Å²) in [5.41, 5.74) is 9.85. The number of para-hydroxylation sites is 1. The first-order valence-corrected chi connectivity index (χ1v) is 15.7. The Kier molecular flexibility index (Phi) is 6.17. The Labute approximate surface area is 267 Å². The summed E-state index contributed by atoms with van der Waals surface area (Å²) in [5, 5.41) is 7.18. The molecule has 1 aromatic heterocycles. The van der Waals surface area contributed by atoms with E-state index in [4.69, 9.17) is 4.42 Å². The van der Waals surface area contributed by atoms with Gasteiger partial charge in [-0.05, 0) is 74.8 Å². The standard InChI is InChI=1S/C44H29NO/c1-3-16-37-31(10-1)12-8-19-38(37)33-24-22-30(23-25-33)34-14-7-15-35(28-34)45(42-20-9-13-32-11-2-4-17-39(32)42)36-26-27-41-40-18-5-6-21-43(40)46-44(41)29-36/h1-29H. The van der Waals surface area contributed by atoms with E-state index in [1.165, 1.54) is 38.2 Å². The molecule has 0 saturated carbocycles. The summed E-state index contributed by atoms with van der Waals surface area (Å²) in [6.45, 7) is 0. The van der Waals surface area contributed by atoms with E-state index in [1.54, 1.807) is 0 Å². The zero-order valence-electron chi connectivity index (χ0n) is 25.1. The van der Waals surface area contributed by atoms with Crippen molar-refractivity contribution < 1.29 is 4.42 Å². The Hall–Kier alpha value is -6.12. The maximum Gasteiger partial charge on any atom is 0.137 e. The van der Waals surface area contributed by atoms with Crippen LogP contribution in [0.3, 0.4) is 0 Å². The van der Waals surface area contributed by atoms with Crippen LogP contribution in [0.25, 0.3) is 65.7 Å². The largest absolute Gasteiger partial charge is 0.456 e. The van der Waals surface area contributed by atoms with Gasteiger partial charge in [0.05, 0.1) is 5.69 Å². The average Bonchev–Trinajstić information content (AvgIpc) is 3.50. The van der Waals surface area contributed by atoms with Crippen molar-refractivity contribution in [1.29, 1.82) is 0 Å². The quantitative estimate of drug-likeness (QED) is 0.199. The second-order valence-corrected chi connectivity index (χ2v) is 11.8. The number of fused-ring (bicyclic) bond motifs is 5. The minimum absolute atomic E-state index is 0.879. The molecule has 0 spiro atoms. The molecule has 0 aliphatic carbocycles. The van der Waals surface area contributed by atoms with Gasteiger partial charge in [-0.3, -0.25) is 0 Å². The zero-order chi connectivity index (χ0) is 30.5. The Morgan fingerprint density at radius 1 is 0.348 bits per heavy atom. The number of hydrogen-bond donors (Lipinski definition) is 0. The highest BCUT2D eigenvalue weighted by atomic mass is 16.3. The van der Waals surface area contributed by atoms with Crippen LogP contribution in [0.1, 0.15) is 0 Å². The first-order chi connectivity index (χ1) is 22.8. The summed E-state index contributed by atoms with van der Waals surface area (Å²) in [7, 11) is 0. The maximum absolute atomic E-state index is 6.34. The second kappa shape index (κ2) is 10.8. The Morgan fingerprint density at radius 2 is 0.957 bits per heavy atom. The van der Waals surface area contributed by atoms with Crippen LogP contribution >= 0.6 is 0 Å². The van der Waals surface area contributed by atoms with Gasteiger partial charge in [-0.2, -0.15) is 0 Å². The van der Waals surface area contributed by atoms with Gasteiger partial charge in [0, 0.05) is 33.6 Å².